The third-order valence-electron chi connectivity index (χ3n) is 2.88. The Kier molecular flexibility index (Phi) is 4.22. The minimum atomic E-state index is -0.946. The Bertz CT molecular complexity index is 435. The van der Waals surface area contributed by atoms with Crippen molar-refractivity contribution in [2.75, 3.05) is 14.2 Å². The van der Waals surface area contributed by atoms with Crippen LogP contribution in [0.2, 0.25) is 0 Å². The SMILES string of the molecule is COc1ccc(C(C)(C)C)cc1CN(C)C(=O)O. The van der Waals surface area contributed by atoms with Crippen LogP contribution in [-0.2, 0) is 12.0 Å². The second-order valence-electron chi connectivity index (χ2n) is 5.42. The summed E-state index contributed by atoms with van der Waals surface area (Å²) in [4.78, 5) is 12.1. The van der Waals surface area contributed by atoms with Gasteiger partial charge in [0.15, 0.2) is 0 Å². The highest BCUT2D eigenvalue weighted by atomic mass is 16.5. The maximum atomic E-state index is 10.9. The summed E-state index contributed by atoms with van der Waals surface area (Å²) in [7, 11) is 3.14. The zero-order valence-corrected chi connectivity index (χ0v) is 11.7. The molecule has 4 heteroatoms. The third kappa shape index (κ3) is 3.39. The van der Waals surface area contributed by atoms with Gasteiger partial charge in [-0.2, -0.15) is 0 Å². The first-order valence-corrected chi connectivity index (χ1v) is 5.87. The number of carbonyl (C=O) groups is 1. The van der Waals surface area contributed by atoms with Crippen LogP contribution < -0.4 is 4.74 Å². The van der Waals surface area contributed by atoms with Gasteiger partial charge in [0.1, 0.15) is 5.75 Å². The molecule has 0 aliphatic rings. The quantitative estimate of drug-likeness (QED) is 0.898. The molecule has 0 aromatic heterocycles. The fourth-order valence-corrected chi connectivity index (χ4v) is 1.69. The highest BCUT2D eigenvalue weighted by Gasteiger charge is 2.17. The molecule has 0 saturated carbocycles. The lowest BCUT2D eigenvalue weighted by Gasteiger charge is -2.22. The van der Waals surface area contributed by atoms with E-state index in [-0.39, 0.29) is 5.41 Å². The fraction of sp³-hybridized carbons (Fsp3) is 0.500. The molecule has 0 saturated heterocycles. The first-order chi connectivity index (χ1) is 8.25. The second kappa shape index (κ2) is 5.29. The topological polar surface area (TPSA) is 49.8 Å². The van der Waals surface area contributed by atoms with Crippen molar-refractivity contribution in [2.24, 2.45) is 0 Å². The molecule has 0 atom stereocenters. The Labute approximate surface area is 108 Å². The van der Waals surface area contributed by atoms with Crippen LogP contribution in [0.3, 0.4) is 0 Å². The van der Waals surface area contributed by atoms with Crippen LogP contribution in [0, 0.1) is 0 Å². The molecule has 4 nitrogen and oxygen atoms in total. The van der Waals surface area contributed by atoms with Gasteiger partial charge in [-0.3, -0.25) is 0 Å². The summed E-state index contributed by atoms with van der Waals surface area (Å²) in [6, 6.07) is 5.92. The number of ether oxygens (including phenoxy) is 1. The van der Waals surface area contributed by atoms with E-state index >= 15 is 0 Å². The van der Waals surface area contributed by atoms with Crippen LogP contribution in [0.5, 0.6) is 5.75 Å². The van der Waals surface area contributed by atoms with Crippen molar-refractivity contribution in [3.63, 3.8) is 0 Å². The number of benzene rings is 1. The molecule has 18 heavy (non-hydrogen) atoms. The van der Waals surface area contributed by atoms with Crippen molar-refractivity contribution in [1.29, 1.82) is 0 Å². The van der Waals surface area contributed by atoms with Crippen molar-refractivity contribution >= 4 is 6.09 Å². The van der Waals surface area contributed by atoms with Gasteiger partial charge < -0.3 is 14.7 Å². The predicted octanol–water partition coefficient (Wildman–Crippen LogP) is 3.10. The Morgan fingerprint density at radius 2 is 2.00 bits per heavy atom. The first-order valence-electron chi connectivity index (χ1n) is 5.87. The summed E-state index contributed by atoms with van der Waals surface area (Å²) < 4.78 is 5.27. The highest BCUT2D eigenvalue weighted by Crippen LogP contribution is 2.28. The molecule has 1 aromatic rings. The lowest BCUT2D eigenvalue weighted by Crippen LogP contribution is -2.24. The number of nitrogens with zero attached hydrogens (tertiary/aromatic N) is 1. The van der Waals surface area contributed by atoms with Crippen LogP contribution in [-0.4, -0.2) is 30.3 Å². The normalized spacial score (nSPS) is 11.2. The molecule has 0 bridgehead atoms. The summed E-state index contributed by atoms with van der Waals surface area (Å²) in [5.74, 6) is 0.719. The van der Waals surface area contributed by atoms with Crippen molar-refractivity contribution < 1.29 is 14.6 Å². The van der Waals surface area contributed by atoms with E-state index in [9.17, 15) is 4.79 Å². The summed E-state index contributed by atoms with van der Waals surface area (Å²) in [6.45, 7) is 6.70. The standard InChI is InChI=1S/C14H21NO3/c1-14(2,3)11-6-7-12(18-5)10(8-11)9-15(4)13(16)17/h6-8H,9H2,1-5H3,(H,16,17). The molecule has 1 aromatic carbocycles. The van der Waals surface area contributed by atoms with Crippen molar-refractivity contribution in [1.82, 2.24) is 4.90 Å². The van der Waals surface area contributed by atoms with Crippen LogP contribution in [0.15, 0.2) is 18.2 Å². The minimum absolute atomic E-state index is 0.0306. The van der Waals surface area contributed by atoms with E-state index in [0.717, 1.165) is 16.9 Å². The summed E-state index contributed by atoms with van der Waals surface area (Å²) >= 11 is 0. The number of amides is 1. The van der Waals surface area contributed by atoms with E-state index in [0.29, 0.717) is 6.54 Å². The molecular weight excluding hydrogens is 230 g/mol. The van der Waals surface area contributed by atoms with Gasteiger partial charge in [-0.05, 0) is 23.1 Å². The highest BCUT2D eigenvalue weighted by molar-refractivity contribution is 5.64. The smallest absolute Gasteiger partial charge is 0.407 e. The number of rotatable bonds is 3. The van der Waals surface area contributed by atoms with Crippen LogP contribution in [0.1, 0.15) is 31.9 Å². The summed E-state index contributed by atoms with van der Waals surface area (Å²) in [5.41, 5.74) is 2.08. The van der Waals surface area contributed by atoms with Gasteiger partial charge in [0.05, 0.1) is 13.7 Å². The third-order valence-corrected chi connectivity index (χ3v) is 2.88. The van der Waals surface area contributed by atoms with E-state index in [2.05, 4.69) is 20.8 Å². The largest absolute Gasteiger partial charge is 0.496 e. The minimum Gasteiger partial charge on any atom is -0.496 e. The lowest BCUT2D eigenvalue weighted by atomic mass is 9.86. The maximum Gasteiger partial charge on any atom is 0.407 e. The predicted molar refractivity (Wildman–Crippen MR) is 71.2 cm³/mol. The fourth-order valence-electron chi connectivity index (χ4n) is 1.69. The average Bonchev–Trinajstić information content (AvgIpc) is 2.27. The van der Waals surface area contributed by atoms with E-state index in [1.54, 1.807) is 14.2 Å². The molecule has 1 rings (SSSR count). The van der Waals surface area contributed by atoms with E-state index < -0.39 is 6.09 Å². The Morgan fingerprint density at radius 3 is 2.44 bits per heavy atom. The number of carboxylic acid groups (broad SMARTS) is 1. The molecule has 0 aliphatic heterocycles. The monoisotopic (exact) mass is 251 g/mol. The van der Waals surface area contributed by atoms with Crippen molar-refractivity contribution in [3.05, 3.63) is 29.3 Å². The zero-order valence-electron chi connectivity index (χ0n) is 11.7. The Balaban J connectivity index is 3.10. The van der Waals surface area contributed by atoms with E-state index in [4.69, 9.17) is 9.84 Å². The molecular formula is C14H21NO3. The number of hydrogen-bond donors (Lipinski definition) is 1. The molecule has 0 heterocycles. The van der Waals surface area contributed by atoms with Gasteiger partial charge >= 0.3 is 6.09 Å². The first kappa shape index (κ1) is 14.4. The molecule has 100 valence electrons. The van der Waals surface area contributed by atoms with Gasteiger partial charge in [0.2, 0.25) is 0 Å². The number of methoxy groups -OCH3 is 1. The van der Waals surface area contributed by atoms with Gasteiger partial charge in [0.25, 0.3) is 0 Å². The number of hydrogen-bond acceptors (Lipinski definition) is 2. The van der Waals surface area contributed by atoms with Gasteiger partial charge in [0, 0.05) is 12.6 Å². The van der Waals surface area contributed by atoms with Crippen LogP contribution in [0.4, 0.5) is 4.79 Å². The molecule has 0 aliphatic carbocycles. The average molecular weight is 251 g/mol. The molecule has 0 fully saturated rings. The molecule has 0 radical (unpaired) electrons. The maximum absolute atomic E-state index is 10.9. The van der Waals surface area contributed by atoms with Crippen molar-refractivity contribution in [2.45, 2.75) is 32.7 Å². The second-order valence-corrected chi connectivity index (χ2v) is 5.42. The summed E-state index contributed by atoms with van der Waals surface area (Å²) in [5, 5.41) is 8.92. The van der Waals surface area contributed by atoms with Crippen LogP contribution in [0.25, 0.3) is 0 Å². The molecule has 1 N–H and O–H groups in total. The Morgan fingerprint density at radius 1 is 1.39 bits per heavy atom. The van der Waals surface area contributed by atoms with Crippen molar-refractivity contribution in [3.8, 4) is 5.75 Å². The molecule has 0 spiro atoms. The van der Waals surface area contributed by atoms with Gasteiger partial charge in [-0.15, -0.1) is 0 Å². The lowest BCUT2D eigenvalue weighted by molar-refractivity contribution is 0.153. The molecule has 0 unspecified atom stereocenters. The van der Waals surface area contributed by atoms with Crippen LogP contribution >= 0.6 is 0 Å². The van der Waals surface area contributed by atoms with E-state index in [1.807, 2.05) is 18.2 Å². The Hall–Kier alpha value is -1.71. The zero-order chi connectivity index (χ0) is 13.9. The molecule has 1 amide bonds. The van der Waals surface area contributed by atoms with E-state index in [1.165, 1.54) is 4.90 Å². The summed E-state index contributed by atoms with van der Waals surface area (Å²) in [6.07, 6.45) is -0.946. The van der Waals surface area contributed by atoms with Gasteiger partial charge in [-0.25, -0.2) is 4.79 Å². The van der Waals surface area contributed by atoms with Gasteiger partial charge in [-0.1, -0.05) is 26.8 Å².